The minimum absolute atomic E-state index is 0.111. The summed E-state index contributed by atoms with van der Waals surface area (Å²) >= 11 is 5.99. The number of hydrogen-bond acceptors (Lipinski definition) is 4. The topological polar surface area (TPSA) is 74.0 Å². The van der Waals surface area contributed by atoms with E-state index in [1.54, 1.807) is 10.9 Å². The molecule has 164 valence electrons. The Kier molecular flexibility index (Phi) is 6.56. The van der Waals surface area contributed by atoms with Crippen molar-refractivity contribution in [2.75, 3.05) is 11.9 Å². The summed E-state index contributed by atoms with van der Waals surface area (Å²) in [6.07, 6.45) is 3.85. The molecule has 2 heterocycles. The van der Waals surface area contributed by atoms with Crippen LogP contribution in [-0.4, -0.2) is 32.1 Å². The van der Waals surface area contributed by atoms with Gasteiger partial charge in [0.2, 0.25) is 5.91 Å². The molecule has 2 aromatic heterocycles. The zero-order valence-corrected chi connectivity index (χ0v) is 18.7. The molecule has 0 aliphatic carbocycles. The highest BCUT2D eigenvalue weighted by atomic mass is 35.5. The largest absolute Gasteiger partial charge is 0.492 e. The average Bonchev–Trinajstić information content (AvgIpc) is 3.38. The summed E-state index contributed by atoms with van der Waals surface area (Å²) in [6, 6.07) is 16.7. The molecule has 2 aromatic carbocycles. The molecule has 0 bridgehead atoms. The summed E-state index contributed by atoms with van der Waals surface area (Å²) in [6.45, 7) is 5.02. The Bertz CT molecular complexity index is 1200. The first-order valence-corrected chi connectivity index (χ1v) is 10.7. The van der Waals surface area contributed by atoms with E-state index in [4.69, 9.17) is 16.3 Å². The number of halogens is 1. The Morgan fingerprint density at radius 3 is 2.69 bits per heavy atom. The standard InChI is InChI=1S/C24H24ClN5O2/c1-17-23(18(2)30(28-17)21-9-7-19(25)8-10-21)16-24(31)27-20-5-3-6-22(15-20)32-14-13-29-12-4-11-26-29/h3-12,15H,13-14,16H2,1-2H3,(H,27,31). The van der Waals surface area contributed by atoms with Crippen molar-refractivity contribution in [3.05, 3.63) is 89.0 Å². The molecule has 4 aromatic rings. The molecule has 0 spiro atoms. The average molecular weight is 450 g/mol. The normalized spacial score (nSPS) is 10.8. The molecule has 1 N–H and O–H groups in total. The molecule has 0 fully saturated rings. The van der Waals surface area contributed by atoms with Crippen LogP contribution in [0, 0.1) is 13.8 Å². The number of aromatic nitrogens is 4. The number of amides is 1. The van der Waals surface area contributed by atoms with E-state index in [-0.39, 0.29) is 12.3 Å². The zero-order valence-electron chi connectivity index (χ0n) is 18.0. The van der Waals surface area contributed by atoms with E-state index in [0.717, 1.165) is 22.6 Å². The van der Waals surface area contributed by atoms with Gasteiger partial charge in [0.25, 0.3) is 0 Å². The van der Waals surface area contributed by atoms with E-state index >= 15 is 0 Å². The third-order valence-electron chi connectivity index (χ3n) is 5.12. The van der Waals surface area contributed by atoms with Crippen LogP contribution < -0.4 is 10.1 Å². The summed E-state index contributed by atoms with van der Waals surface area (Å²) < 4.78 is 9.43. The molecule has 0 radical (unpaired) electrons. The number of rotatable bonds is 8. The predicted molar refractivity (Wildman–Crippen MR) is 125 cm³/mol. The van der Waals surface area contributed by atoms with E-state index in [1.165, 1.54) is 0 Å². The van der Waals surface area contributed by atoms with Crippen LogP contribution in [0.3, 0.4) is 0 Å². The SMILES string of the molecule is Cc1nn(-c2ccc(Cl)cc2)c(C)c1CC(=O)Nc1cccc(OCCn2cccn2)c1. The van der Waals surface area contributed by atoms with Gasteiger partial charge in [-0.1, -0.05) is 17.7 Å². The molecule has 7 nitrogen and oxygen atoms in total. The van der Waals surface area contributed by atoms with E-state index in [9.17, 15) is 4.79 Å². The summed E-state index contributed by atoms with van der Waals surface area (Å²) in [7, 11) is 0. The van der Waals surface area contributed by atoms with E-state index in [0.29, 0.717) is 29.6 Å². The van der Waals surface area contributed by atoms with Crippen molar-refractivity contribution in [1.29, 1.82) is 0 Å². The number of carbonyl (C=O) groups excluding carboxylic acids is 1. The van der Waals surface area contributed by atoms with Crippen LogP contribution in [0.4, 0.5) is 5.69 Å². The first-order valence-electron chi connectivity index (χ1n) is 10.3. The molecule has 0 atom stereocenters. The molecule has 0 aliphatic rings. The molecule has 8 heteroatoms. The van der Waals surface area contributed by atoms with Crippen molar-refractivity contribution in [2.24, 2.45) is 0 Å². The van der Waals surface area contributed by atoms with Crippen molar-refractivity contribution >= 4 is 23.2 Å². The van der Waals surface area contributed by atoms with Crippen LogP contribution >= 0.6 is 11.6 Å². The lowest BCUT2D eigenvalue weighted by Crippen LogP contribution is -2.15. The van der Waals surface area contributed by atoms with E-state index in [1.807, 2.05) is 79.3 Å². The Morgan fingerprint density at radius 1 is 1.12 bits per heavy atom. The van der Waals surface area contributed by atoms with Gasteiger partial charge in [-0.2, -0.15) is 10.2 Å². The predicted octanol–water partition coefficient (Wildman–Crippen LogP) is 4.60. The van der Waals surface area contributed by atoms with Gasteiger partial charge in [0, 0.05) is 40.4 Å². The highest BCUT2D eigenvalue weighted by molar-refractivity contribution is 6.30. The van der Waals surface area contributed by atoms with Gasteiger partial charge in [-0.25, -0.2) is 4.68 Å². The molecular formula is C24H24ClN5O2. The number of aryl methyl sites for hydroxylation is 1. The fraction of sp³-hybridized carbons (Fsp3) is 0.208. The van der Waals surface area contributed by atoms with E-state index < -0.39 is 0 Å². The highest BCUT2D eigenvalue weighted by Crippen LogP contribution is 2.22. The maximum absolute atomic E-state index is 12.7. The quantitative estimate of drug-likeness (QED) is 0.426. The van der Waals surface area contributed by atoms with Crippen LogP contribution in [-0.2, 0) is 17.8 Å². The van der Waals surface area contributed by atoms with Crippen molar-refractivity contribution in [3.63, 3.8) is 0 Å². The second-order valence-corrected chi connectivity index (χ2v) is 7.84. The second kappa shape index (κ2) is 9.70. The summed E-state index contributed by atoms with van der Waals surface area (Å²) in [4.78, 5) is 12.7. The lowest BCUT2D eigenvalue weighted by Gasteiger charge is -2.10. The van der Waals surface area contributed by atoms with Crippen LogP contribution in [0.2, 0.25) is 5.02 Å². The zero-order chi connectivity index (χ0) is 22.5. The van der Waals surface area contributed by atoms with Gasteiger partial charge < -0.3 is 10.1 Å². The molecular weight excluding hydrogens is 426 g/mol. The number of hydrogen-bond donors (Lipinski definition) is 1. The van der Waals surface area contributed by atoms with Gasteiger partial charge in [0.15, 0.2) is 0 Å². The van der Waals surface area contributed by atoms with Crippen molar-refractivity contribution in [3.8, 4) is 11.4 Å². The fourth-order valence-electron chi connectivity index (χ4n) is 3.48. The number of anilines is 1. The first kappa shape index (κ1) is 21.6. The number of nitrogens with one attached hydrogen (secondary N) is 1. The van der Waals surface area contributed by atoms with Crippen molar-refractivity contribution in [2.45, 2.75) is 26.8 Å². The van der Waals surface area contributed by atoms with Crippen LogP contribution in [0.1, 0.15) is 17.0 Å². The highest BCUT2D eigenvalue weighted by Gasteiger charge is 2.16. The first-order chi connectivity index (χ1) is 15.5. The maximum Gasteiger partial charge on any atom is 0.228 e. The van der Waals surface area contributed by atoms with Crippen LogP contribution in [0.25, 0.3) is 5.69 Å². The minimum atomic E-state index is -0.111. The van der Waals surface area contributed by atoms with E-state index in [2.05, 4.69) is 15.5 Å². The Labute approximate surface area is 191 Å². The van der Waals surface area contributed by atoms with Crippen LogP contribution in [0.5, 0.6) is 5.75 Å². The smallest absolute Gasteiger partial charge is 0.228 e. The van der Waals surface area contributed by atoms with Crippen molar-refractivity contribution in [1.82, 2.24) is 19.6 Å². The third kappa shape index (κ3) is 5.18. The Balaban J connectivity index is 1.39. The number of benzene rings is 2. The molecule has 1 amide bonds. The molecule has 4 rings (SSSR count). The van der Waals surface area contributed by atoms with Crippen LogP contribution in [0.15, 0.2) is 67.0 Å². The molecule has 0 saturated carbocycles. The lowest BCUT2D eigenvalue weighted by atomic mass is 10.1. The maximum atomic E-state index is 12.7. The molecule has 0 unspecified atom stereocenters. The van der Waals surface area contributed by atoms with Crippen molar-refractivity contribution < 1.29 is 9.53 Å². The number of ether oxygens (including phenoxy) is 1. The van der Waals surface area contributed by atoms with Gasteiger partial charge in [0.05, 0.1) is 24.3 Å². The van der Waals surface area contributed by atoms with Gasteiger partial charge in [0.1, 0.15) is 12.4 Å². The lowest BCUT2D eigenvalue weighted by molar-refractivity contribution is -0.115. The minimum Gasteiger partial charge on any atom is -0.492 e. The van der Waals surface area contributed by atoms with Gasteiger partial charge in [-0.05, 0) is 56.3 Å². The molecule has 0 saturated heterocycles. The van der Waals surface area contributed by atoms with Gasteiger partial charge in [-0.3, -0.25) is 9.48 Å². The number of carbonyl (C=O) groups is 1. The van der Waals surface area contributed by atoms with Gasteiger partial charge >= 0.3 is 0 Å². The second-order valence-electron chi connectivity index (χ2n) is 7.41. The Morgan fingerprint density at radius 2 is 1.94 bits per heavy atom. The van der Waals surface area contributed by atoms with Gasteiger partial charge in [-0.15, -0.1) is 0 Å². The Hall–Kier alpha value is -3.58. The monoisotopic (exact) mass is 449 g/mol. The third-order valence-corrected chi connectivity index (χ3v) is 5.37. The molecule has 32 heavy (non-hydrogen) atoms. The summed E-state index contributed by atoms with van der Waals surface area (Å²) in [5.74, 6) is 0.582. The summed E-state index contributed by atoms with van der Waals surface area (Å²) in [5, 5.41) is 12.4. The molecule has 0 aliphatic heterocycles. The summed E-state index contributed by atoms with van der Waals surface area (Å²) in [5.41, 5.74) is 4.25. The fourth-order valence-corrected chi connectivity index (χ4v) is 3.61. The number of nitrogens with zero attached hydrogens (tertiary/aromatic N) is 4.